The minimum Gasteiger partial charge on any atom is -0.311 e. The van der Waals surface area contributed by atoms with Crippen LogP contribution in [0.3, 0.4) is 0 Å². The molecule has 0 bridgehead atoms. The van der Waals surface area contributed by atoms with E-state index in [2.05, 4.69) is 16.5 Å². The topological polar surface area (TPSA) is 29.9 Å². The number of nitrogens with zero attached hydrogens (tertiary/aromatic N) is 2. The summed E-state index contributed by atoms with van der Waals surface area (Å²) in [6, 6.07) is 2.15. The summed E-state index contributed by atoms with van der Waals surface area (Å²) in [6.45, 7) is 4.12. The lowest BCUT2D eigenvalue weighted by molar-refractivity contribution is 0.573. The van der Waals surface area contributed by atoms with E-state index in [1.54, 1.807) is 0 Å². The zero-order chi connectivity index (χ0) is 10.7. The van der Waals surface area contributed by atoms with Crippen molar-refractivity contribution in [3.63, 3.8) is 0 Å². The Balaban J connectivity index is 1.62. The van der Waals surface area contributed by atoms with Crippen molar-refractivity contribution in [1.29, 1.82) is 0 Å². The standard InChI is InChI=1S/C12H21N3/c1-10-8-12(15(2)14-10)9-13-7-3-4-11-5-6-11/h8,11,13H,3-7,9H2,1-2H3. The average molecular weight is 207 g/mol. The van der Waals surface area contributed by atoms with Gasteiger partial charge in [-0.2, -0.15) is 5.10 Å². The van der Waals surface area contributed by atoms with Crippen molar-refractivity contribution in [3.8, 4) is 0 Å². The quantitative estimate of drug-likeness (QED) is 0.723. The maximum absolute atomic E-state index is 4.32. The number of aryl methyl sites for hydroxylation is 2. The molecule has 3 heteroatoms. The minimum atomic E-state index is 0.946. The van der Waals surface area contributed by atoms with Crippen LogP contribution in [-0.2, 0) is 13.6 Å². The van der Waals surface area contributed by atoms with Gasteiger partial charge >= 0.3 is 0 Å². The second-order valence-corrected chi connectivity index (χ2v) is 4.66. The Bertz CT molecular complexity index is 313. The fourth-order valence-corrected chi connectivity index (χ4v) is 1.97. The van der Waals surface area contributed by atoms with Crippen LogP contribution in [0.5, 0.6) is 0 Å². The first-order valence-electron chi connectivity index (χ1n) is 5.96. The van der Waals surface area contributed by atoms with Crippen molar-refractivity contribution < 1.29 is 0 Å². The van der Waals surface area contributed by atoms with E-state index in [0.717, 1.165) is 24.7 Å². The smallest absolute Gasteiger partial charge is 0.0597 e. The number of nitrogens with one attached hydrogen (secondary N) is 1. The Kier molecular flexibility index (Phi) is 3.41. The van der Waals surface area contributed by atoms with Crippen LogP contribution in [0.15, 0.2) is 6.07 Å². The summed E-state index contributed by atoms with van der Waals surface area (Å²) in [5.41, 5.74) is 2.38. The van der Waals surface area contributed by atoms with Gasteiger partial charge in [-0.15, -0.1) is 0 Å². The van der Waals surface area contributed by atoms with E-state index >= 15 is 0 Å². The second-order valence-electron chi connectivity index (χ2n) is 4.66. The highest BCUT2D eigenvalue weighted by Gasteiger charge is 2.19. The van der Waals surface area contributed by atoms with Crippen molar-refractivity contribution >= 4 is 0 Å². The molecule has 1 N–H and O–H groups in total. The van der Waals surface area contributed by atoms with E-state index in [1.165, 1.54) is 31.4 Å². The third-order valence-electron chi connectivity index (χ3n) is 3.07. The lowest BCUT2D eigenvalue weighted by Gasteiger charge is -2.04. The van der Waals surface area contributed by atoms with Crippen LogP contribution >= 0.6 is 0 Å². The molecular formula is C12H21N3. The first kappa shape index (κ1) is 10.7. The van der Waals surface area contributed by atoms with Gasteiger partial charge in [0.1, 0.15) is 0 Å². The van der Waals surface area contributed by atoms with Crippen LogP contribution in [0.4, 0.5) is 0 Å². The van der Waals surface area contributed by atoms with Crippen LogP contribution in [0.25, 0.3) is 0 Å². The highest BCUT2D eigenvalue weighted by Crippen LogP contribution is 2.33. The molecule has 0 atom stereocenters. The first-order chi connectivity index (χ1) is 7.25. The largest absolute Gasteiger partial charge is 0.311 e. The van der Waals surface area contributed by atoms with Crippen molar-refractivity contribution in [2.75, 3.05) is 6.54 Å². The molecule has 0 aromatic carbocycles. The third-order valence-corrected chi connectivity index (χ3v) is 3.07. The maximum atomic E-state index is 4.32. The highest BCUT2D eigenvalue weighted by atomic mass is 15.3. The van der Waals surface area contributed by atoms with Gasteiger partial charge in [0.2, 0.25) is 0 Å². The zero-order valence-corrected chi connectivity index (χ0v) is 9.79. The van der Waals surface area contributed by atoms with Crippen LogP contribution in [0.1, 0.15) is 37.1 Å². The molecule has 1 aromatic rings. The molecular weight excluding hydrogens is 186 g/mol. The molecule has 1 aliphatic rings. The molecule has 3 nitrogen and oxygen atoms in total. The zero-order valence-electron chi connectivity index (χ0n) is 9.79. The van der Waals surface area contributed by atoms with E-state index < -0.39 is 0 Å². The number of rotatable bonds is 6. The predicted molar refractivity (Wildman–Crippen MR) is 61.6 cm³/mol. The van der Waals surface area contributed by atoms with E-state index in [1.807, 2.05) is 18.7 Å². The summed E-state index contributed by atoms with van der Waals surface area (Å²) in [5.74, 6) is 1.06. The van der Waals surface area contributed by atoms with Crippen LogP contribution in [0, 0.1) is 12.8 Å². The van der Waals surface area contributed by atoms with Gasteiger partial charge in [0.05, 0.1) is 11.4 Å². The molecule has 1 heterocycles. The summed E-state index contributed by atoms with van der Waals surface area (Å²) in [7, 11) is 2.01. The van der Waals surface area contributed by atoms with Crippen LogP contribution < -0.4 is 5.32 Å². The Labute approximate surface area is 91.9 Å². The fourth-order valence-electron chi connectivity index (χ4n) is 1.97. The summed E-state index contributed by atoms with van der Waals surface area (Å²) in [6.07, 6.45) is 5.68. The minimum absolute atomic E-state index is 0.946. The molecule has 84 valence electrons. The Morgan fingerprint density at radius 2 is 2.33 bits per heavy atom. The maximum Gasteiger partial charge on any atom is 0.0597 e. The molecule has 1 aliphatic carbocycles. The number of hydrogen-bond acceptors (Lipinski definition) is 2. The van der Waals surface area contributed by atoms with Gasteiger partial charge in [-0.1, -0.05) is 12.8 Å². The predicted octanol–water partition coefficient (Wildman–Crippen LogP) is 2.01. The molecule has 0 unspecified atom stereocenters. The lowest BCUT2D eigenvalue weighted by Crippen LogP contribution is -2.17. The third kappa shape index (κ3) is 3.34. The lowest BCUT2D eigenvalue weighted by atomic mass is 10.2. The first-order valence-corrected chi connectivity index (χ1v) is 5.96. The molecule has 15 heavy (non-hydrogen) atoms. The van der Waals surface area contributed by atoms with Crippen molar-refractivity contribution in [2.24, 2.45) is 13.0 Å². The monoisotopic (exact) mass is 207 g/mol. The van der Waals surface area contributed by atoms with Gasteiger partial charge in [-0.05, 0) is 38.3 Å². The molecule has 1 saturated carbocycles. The molecule has 0 radical (unpaired) electrons. The number of aromatic nitrogens is 2. The molecule has 0 spiro atoms. The summed E-state index contributed by atoms with van der Waals surface area (Å²) < 4.78 is 1.96. The molecule has 2 rings (SSSR count). The van der Waals surface area contributed by atoms with Gasteiger partial charge in [0.25, 0.3) is 0 Å². The molecule has 0 saturated heterocycles. The molecule has 0 amide bonds. The highest BCUT2D eigenvalue weighted by molar-refractivity contribution is 5.08. The van der Waals surface area contributed by atoms with Gasteiger partial charge in [0.15, 0.2) is 0 Å². The number of hydrogen-bond donors (Lipinski definition) is 1. The van der Waals surface area contributed by atoms with Crippen molar-refractivity contribution in [2.45, 2.75) is 39.2 Å². The van der Waals surface area contributed by atoms with E-state index in [-0.39, 0.29) is 0 Å². The van der Waals surface area contributed by atoms with Crippen molar-refractivity contribution in [1.82, 2.24) is 15.1 Å². The van der Waals surface area contributed by atoms with Crippen molar-refractivity contribution in [3.05, 3.63) is 17.5 Å². The van der Waals surface area contributed by atoms with Crippen LogP contribution in [-0.4, -0.2) is 16.3 Å². The van der Waals surface area contributed by atoms with E-state index in [0.29, 0.717) is 0 Å². The summed E-state index contributed by atoms with van der Waals surface area (Å²) >= 11 is 0. The molecule has 1 fully saturated rings. The normalized spacial score (nSPS) is 15.9. The average Bonchev–Trinajstić information content (AvgIpc) is 2.94. The Hall–Kier alpha value is -0.830. The van der Waals surface area contributed by atoms with Gasteiger partial charge in [-0.25, -0.2) is 0 Å². The Morgan fingerprint density at radius 3 is 2.93 bits per heavy atom. The SMILES string of the molecule is Cc1cc(CNCCCC2CC2)n(C)n1. The van der Waals surface area contributed by atoms with Gasteiger partial charge in [-0.3, -0.25) is 4.68 Å². The van der Waals surface area contributed by atoms with E-state index in [4.69, 9.17) is 0 Å². The summed E-state index contributed by atoms with van der Waals surface area (Å²) in [5, 5.41) is 7.80. The van der Waals surface area contributed by atoms with E-state index in [9.17, 15) is 0 Å². The molecule has 1 aromatic heterocycles. The van der Waals surface area contributed by atoms with Gasteiger partial charge < -0.3 is 5.32 Å². The Morgan fingerprint density at radius 1 is 1.53 bits per heavy atom. The van der Waals surface area contributed by atoms with Gasteiger partial charge in [0, 0.05) is 13.6 Å². The fraction of sp³-hybridized carbons (Fsp3) is 0.750. The van der Waals surface area contributed by atoms with Crippen LogP contribution in [0.2, 0.25) is 0 Å². The molecule has 0 aliphatic heterocycles. The second kappa shape index (κ2) is 4.79. The summed E-state index contributed by atoms with van der Waals surface area (Å²) in [4.78, 5) is 0.